The predicted molar refractivity (Wildman–Crippen MR) is 126 cm³/mol. The zero-order valence-corrected chi connectivity index (χ0v) is 18.2. The van der Waals surface area contributed by atoms with Gasteiger partial charge in [-0.3, -0.25) is 4.79 Å². The van der Waals surface area contributed by atoms with E-state index in [-0.39, 0.29) is 17.7 Å². The zero-order chi connectivity index (χ0) is 21.7. The van der Waals surface area contributed by atoms with Crippen LogP contribution in [-0.4, -0.2) is 20.7 Å². The van der Waals surface area contributed by atoms with E-state index < -0.39 is 0 Å². The number of hydrogen-bond acceptors (Lipinski definition) is 3. The van der Waals surface area contributed by atoms with Crippen LogP contribution >= 0.6 is 0 Å². The molecule has 160 valence electrons. The minimum atomic E-state index is -0.0444. The number of amides is 1. The topological polar surface area (TPSA) is 59.8 Å². The Labute approximate surface area is 187 Å². The highest BCUT2D eigenvalue weighted by Gasteiger charge is 2.47. The first kappa shape index (κ1) is 19.2. The van der Waals surface area contributed by atoms with Crippen LogP contribution in [0.1, 0.15) is 48.0 Å². The monoisotopic (exact) mass is 422 g/mol. The number of carbonyl (C=O) groups excluding carboxylic acids is 1. The summed E-state index contributed by atoms with van der Waals surface area (Å²) in [5.41, 5.74) is 3.71. The van der Waals surface area contributed by atoms with E-state index in [0.29, 0.717) is 5.92 Å². The van der Waals surface area contributed by atoms with E-state index in [9.17, 15) is 4.79 Å². The molecule has 0 radical (unpaired) electrons. The maximum atomic E-state index is 13.0. The molecule has 1 aromatic heterocycles. The number of carbonyl (C=O) groups is 1. The van der Waals surface area contributed by atoms with E-state index in [0.717, 1.165) is 53.9 Å². The van der Waals surface area contributed by atoms with Crippen molar-refractivity contribution in [2.24, 2.45) is 5.92 Å². The van der Waals surface area contributed by atoms with Gasteiger partial charge in [-0.1, -0.05) is 60.7 Å². The van der Waals surface area contributed by atoms with Crippen molar-refractivity contribution in [2.75, 3.05) is 5.32 Å². The first-order chi connectivity index (χ1) is 15.7. The van der Waals surface area contributed by atoms with Crippen molar-refractivity contribution < 1.29 is 4.79 Å². The molecule has 3 aromatic carbocycles. The first-order valence-corrected chi connectivity index (χ1v) is 11.5. The lowest BCUT2D eigenvalue weighted by molar-refractivity contribution is -0.117. The highest BCUT2D eigenvalue weighted by Crippen LogP contribution is 2.48. The second-order valence-electron chi connectivity index (χ2n) is 9.00. The van der Waals surface area contributed by atoms with Gasteiger partial charge in [-0.2, -0.15) is 0 Å². The quantitative estimate of drug-likeness (QED) is 0.488. The van der Waals surface area contributed by atoms with Gasteiger partial charge in [0, 0.05) is 35.4 Å². The van der Waals surface area contributed by atoms with Gasteiger partial charge in [0.15, 0.2) is 0 Å². The smallest absolute Gasteiger partial charge is 0.228 e. The highest BCUT2D eigenvalue weighted by atomic mass is 16.2. The van der Waals surface area contributed by atoms with Gasteiger partial charge in [0.2, 0.25) is 5.91 Å². The van der Waals surface area contributed by atoms with Gasteiger partial charge < -0.3 is 9.88 Å². The fourth-order valence-corrected chi connectivity index (χ4v) is 5.30. The number of benzene rings is 3. The SMILES string of the molecule is CCn1c(C2Cc3ccccc3C2)nnc1[C@@H]1C[C@@H]1C(=O)Nc1cccc2ccccc12. The molecule has 0 spiro atoms. The molecular formula is C27H26N4O. The van der Waals surface area contributed by atoms with E-state index in [1.165, 1.54) is 11.1 Å². The Bertz CT molecular complexity index is 1290. The van der Waals surface area contributed by atoms with Crippen LogP contribution in [0.15, 0.2) is 66.7 Å². The van der Waals surface area contributed by atoms with E-state index >= 15 is 0 Å². The Morgan fingerprint density at radius 2 is 1.62 bits per heavy atom. The van der Waals surface area contributed by atoms with Crippen LogP contribution in [0.2, 0.25) is 0 Å². The third kappa shape index (κ3) is 3.20. The minimum Gasteiger partial charge on any atom is -0.325 e. The third-order valence-corrected chi connectivity index (χ3v) is 7.05. The van der Waals surface area contributed by atoms with Gasteiger partial charge in [0.05, 0.1) is 0 Å². The van der Waals surface area contributed by atoms with E-state index in [4.69, 9.17) is 0 Å². The molecule has 1 amide bonds. The van der Waals surface area contributed by atoms with Crippen LogP contribution in [0.25, 0.3) is 10.8 Å². The number of rotatable bonds is 5. The lowest BCUT2D eigenvalue weighted by atomic mass is 10.1. The molecule has 5 nitrogen and oxygen atoms in total. The van der Waals surface area contributed by atoms with Crippen molar-refractivity contribution in [1.29, 1.82) is 0 Å². The molecule has 1 heterocycles. The molecule has 1 N–H and O–H groups in total. The number of anilines is 1. The summed E-state index contributed by atoms with van der Waals surface area (Å²) in [7, 11) is 0. The summed E-state index contributed by atoms with van der Waals surface area (Å²) in [5, 5.41) is 14.6. The molecule has 0 unspecified atom stereocenters. The highest BCUT2D eigenvalue weighted by molar-refractivity contribution is 6.03. The molecule has 2 atom stereocenters. The zero-order valence-electron chi connectivity index (χ0n) is 18.2. The van der Waals surface area contributed by atoms with E-state index in [1.807, 2.05) is 24.3 Å². The standard InChI is InChI=1S/C27H26N4O/c1-2-31-25(20-14-18-9-3-4-10-19(18)15-20)29-30-26(31)22-16-23(22)27(32)28-24-13-7-11-17-8-5-6-12-21(17)24/h3-13,20,22-23H,2,14-16H2,1H3,(H,28,32)/t22-,23+/m1/s1. The molecule has 32 heavy (non-hydrogen) atoms. The summed E-state index contributed by atoms with van der Waals surface area (Å²) in [6, 6.07) is 22.8. The van der Waals surface area contributed by atoms with Gasteiger partial charge in [0.1, 0.15) is 11.6 Å². The fourth-order valence-electron chi connectivity index (χ4n) is 5.30. The summed E-state index contributed by atoms with van der Waals surface area (Å²) < 4.78 is 2.26. The van der Waals surface area contributed by atoms with Gasteiger partial charge in [0.25, 0.3) is 0 Å². The Kier molecular flexibility index (Phi) is 4.56. The van der Waals surface area contributed by atoms with Crippen molar-refractivity contribution in [3.63, 3.8) is 0 Å². The van der Waals surface area contributed by atoms with Crippen molar-refractivity contribution in [1.82, 2.24) is 14.8 Å². The Balaban J connectivity index is 1.20. The van der Waals surface area contributed by atoms with Gasteiger partial charge in [-0.15, -0.1) is 10.2 Å². The van der Waals surface area contributed by atoms with Gasteiger partial charge in [-0.25, -0.2) is 0 Å². The minimum absolute atomic E-state index is 0.0444. The van der Waals surface area contributed by atoms with Crippen LogP contribution in [0.5, 0.6) is 0 Å². The van der Waals surface area contributed by atoms with E-state index in [2.05, 4.69) is 69.5 Å². The summed E-state index contributed by atoms with van der Waals surface area (Å²) in [6.45, 7) is 2.98. The molecule has 1 fully saturated rings. The molecule has 2 aliphatic carbocycles. The summed E-state index contributed by atoms with van der Waals surface area (Å²) >= 11 is 0. The number of fused-ring (bicyclic) bond motifs is 2. The second kappa shape index (κ2) is 7.59. The largest absolute Gasteiger partial charge is 0.325 e. The molecule has 0 saturated heterocycles. The number of aromatic nitrogens is 3. The fraction of sp³-hybridized carbons (Fsp3) is 0.296. The van der Waals surface area contributed by atoms with Crippen LogP contribution < -0.4 is 5.32 Å². The van der Waals surface area contributed by atoms with E-state index in [1.54, 1.807) is 0 Å². The number of hydrogen-bond donors (Lipinski definition) is 1. The molecule has 5 heteroatoms. The van der Waals surface area contributed by atoms with Crippen molar-refractivity contribution in [3.05, 3.63) is 89.5 Å². The number of nitrogens with zero attached hydrogens (tertiary/aromatic N) is 3. The van der Waals surface area contributed by atoms with Crippen LogP contribution in [0.3, 0.4) is 0 Å². The van der Waals surface area contributed by atoms with Gasteiger partial charge in [-0.05, 0) is 48.8 Å². The molecular weight excluding hydrogens is 396 g/mol. The van der Waals surface area contributed by atoms with Crippen molar-refractivity contribution >= 4 is 22.4 Å². The predicted octanol–water partition coefficient (Wildman–Crippen LogP) is 5.08. The van der Waals surface area contributed by atoms with Gasteiger partial charge >= 0.3 is 0 Å². The van der Waals surface area contributed by atoms with Crippen molar-refractivity contribution in [3.8, 4) is 0 Å². The molecule has 2 aliphatic rings. The average Bonchev–Trinajstić information content (AvgIpc) is 3.32. The second-order valence-corrected chi connectivity index (χ2v) is 9.00. The maximum absolute atomic E-state index is 13.0. The molecule has 0 aliphatic heterocycles. The molecule has 4 aromatic rings. The maximum Gasteiger partial charge on any atom is 0.228 e. The number of nitrogens with one attached hydrogen (secondary N) is 1. The summed E-state index contributed by atoms with van der Waals surface area (Å²) in [5.74, 6) is 2.59. The van der Waals surface area contributed by atoms with Crippen molar-refractivity contribution in [2.45, 2.75) is 44.6 Å². The lowest BCUT2D eigenvalue weighted by Crippen LogP contribution is -2.16. The molecule has 0 bridgehead atoms. The lowest BCUT2D eigenvalue weighted by Gasteiger charge is -2.12. The first-order valence-electron chi connectivity index (χ1n) is 11.5. The Hall–Kier alpha value is -3.47. The van der Waals surface area contributed by atoms with Crippen LogP contribution in [0.4, 0.5) is 5.69 Å². The average molecular weight is 423 g/mol. The Morgan fingerprint density at radius 1 is 0.938 bits per heavy atom. The third-order valence-electron chi connectivity index (χ3n) is 7.05. The normalized spacial score (nSPS) is 19.8. The molecule has 1 saturated carbocycles. The summed E-state index contributed by atoms with van der Waals surface area (Å²) in [4.78, 5) is 13.0. The van der Waals surface area contributed by atoms with Crippen LogP contribution in [-0.2, 0) is 24.2 Å². The Morgan fingerprint density at radius 3 is 2.41 bits per heavy atom. The molecule has 6 rings (SSSR count). The van der Waals surface area contributed by atoms with Crippen LogP contribution in [0, 0.1) is 5.92 Å². The summed E-state index contributed by atoms with van der Waals surface area (Å²) in [6.07, 6.45) is 2.87.